The van der Waals surface area contributed by atoms with Crippen molar-refractivity contribution in [3.05, 3.63) is 23.8 Å². The average molecular weight is 297 g/mol. The van der Waals surface area contributed by atoms with Gasteiger partial charge in [0.05, 0.1) is 14.2 Å². The SMILES string of the molecule is CCNC(CSC(C)(C)C)c1ccc(OC)cc1OC. The van der Waals surface area contributed by atoms with Gasteiger partial charge in [0.15, 0.2) is 0 Å². The molecule has 1 rings (SSSR count). The number of rotatable bonds is 7. The van der Waals surface area contributed by atoms with Crippen LogP contribution >= 0.6 is 11.8 Å². The van der Waals surface area contributed by atoms with Crippen LogP contribution in [0.25, 0.3) is 0 Å². The molecule has 0 aliphatic rings. The van der Waals surface area contributed by atoms with Crippen LogP contribution in [0.5, 0.6) is 11.5 Å². The van der Waals surface area contributed by atoms with Gasteiger partial charge in [0.25, 0.3) is 0 Å². The summed E-state index contributed by atoms with van der Waals surface area (Å²) in [4.78, 5) is 0. The van der Waals surface area contributed by atoms with Gasteiger partial charge < -0.3 is 14.8 Å². The van der Waals surface area contributed by atoms with Crippen LogP contribution in [-0.2, 0) is 0 Å². The lowest BCUT2D eigenvalue weighted by atomic mass is 10.1. The maximum atomic E-state index is 5.52. The van der Waals surface area contributed by atoms with Gasteiger partial charge in [0.2, 0.25) is 0 Å². The van der Waals surface area contributed by atoms with Crippen molar-refractivity contribution in [2.24, 2.45) is 0 Å². The smallest absolute Gasteiger partial charge is 0.127 e. The highest BCUT2D eigenvalue weighted by molar-refractivity contribution is 8.00. The second-order valence-corrected chi connectivity index (χ2v) is 7.49. The summed E-state index contributed by atoms with van der Waals surface area (Å²) in [6.07, 6.45) is 0. The van der Waals surface area contributed by atoms with E-state index in [2.05, 4.69) is 39.1 Å². The Kier molecular flexibility index (Phi) is 6.69. The Labute approximate surface area is 127 Å². The highest BCUT2D eigenvalue weighted by Crippen LogP contribution is 2.34. The minimum Gasteiger partial charge on any atom is -0.497 e. The molecule has 0 heterocycles. The van der Waals surface area contributed by atoms with E-state index >= 15 is 0 Å². The molecule has 0 amide bonds. The zero-order chi connectivity index (χ0) is 15.2. The Morgan fingerprint density at radius 2 is 1.90 bits per heavy atom. The minimum atomic E-state index is 0.257. The van der Waals surface area contributed by atoms with Crippen molar-refractivity contribution in [1.29, 1.82) is 0 Å². The third kappa shape index (κ3) is 5.25. The van der Waals surface area contributed by atoms with E-state index in [1.54, 1.807) is 14.2 Å². The summed E-state index contributed by atoms with van der Waals surface area (Å²) in [6.45, 7) is 9.79. The first-order valence-corrected chi connectivity index (χ1v) is 7.99. The highest BCUT2D eigenvalue weighted by atomic mass is 32.2. The van der Waals surface area contributed by atoms with Gasteiger partial charge >= 0.3 is 0 Å². The number of hydrogen-bond donors (Lipinski definition) is 1. The molecule has 0 aliphatic carbocycles. The number of methoxy groups -OCH3 is 2. The van der Waals surface area contributed by atoms with Crippen molar-refractivity contribution in [2.75, 3.05) is 26.5 Å². The lowest BCUT2D eigenvalue weighted by Gasteiger charge is -2.25. The largest absolute Gasteiger partial charge is 0.497 e. The standard InChI is InChI=1S/C16H27NO2S/c1-7-17-14(11-20-16(2,3)4)13-9-8-12(18-5)10-15(13)19-6/h8-10,14,17H,7,11H2,1-6H3. The molecule has 1 aromatic carbocycles. The highest BCUT2D eigenvalue weighted by Gasteiger charge is 2.19. The third-order valence-corrected chi connectivity index (χ3v) is 4.32. The van der Waals surface area contributed by atoms with Gasteiger partial charge in [0, 0.05) is 28.2 Å². The van der Waals surface area contributed by atoms with Crippen molar-refractivity contribution < 1.29 is 9.47 Å². The number of benzene rings is 1. The Morgan fingerprint density at radius 1 is 1.20 bits per heavy atom. The molecule has 1 N–H and O–H groups in total. The van der Waals surface area contributed by atoms with Crippen molar-refractivity contribution in [3.8, 4) is 11.5 Å². The Hall–Kier alpha value is -0.870. The molecule has 0 saturated heterocycles. The first-order chi connectivity index (χ1) is 9.41. The quantitative estimate of drug-likeness (QED) is 0.827. The molecule has 0 radical (unpaired) electrons. The second-order valence-electron chi connectivity index (χ2n) is 5.64. The fourth-order valence-electron chi connectivity index (χ4n) is 1.94. The first-order valence-electron chi connectivity index (χ1n) is 7.00. The summed E-state index contributed by atoms with van der Waals surface area (Å²) >= 11 is 1.96. The molecule has 0 saturated carbocycles. The van der Waals surface area contributed by atoms with E-state index in [9.17, 15) is 0 Å². The molecule has 114 valence electrons. The van der Waals surface area contributed by atoms with Crippen LogP contribution in [-0.4, -0.2) is 31.3 Å². The molecule has 1 aromatic rings. The third-order valence-electron chi connectivity index (χ3n) is 2.95. The summed E-state index contributed by atoms with van der Waals surface area (Å²) in [7, 11) is 3.38. The number of thioether (sulfide) groups is 1. The summed E-state index contributed by atoms with van der Waals surface area (Å²) in [5.41, 5.74) is 1.19. The zero-order valence-corrected chi connectivity index (χ0v) is 14.3. The van der Waals surface area contributed by atoms with Crippen LogP contribution in [0.4, 0.5) is 0 Å². The predicted octanol–water partition coefficient (Wildman–Crippen LogP) is 3.89. The van der Waals surface area contributed by atoms with E-state index in [0.29, 0.717) is 0 Å². The Balaban J connectivity index is 2.95. The number of nitrogens with one attached hydrogen (secondary N) is 1. The van der Waals surface area contributed by atoms with Gasteiger partial charge in [-0.2, -0.15) is 11.8 Å². The Morgan fingerprint density at radius 3 is 2.40 bits per heavy atom. The van der Waals surface area contributed by atoms with Crippen molar-refractivity contribution in [1.82, 2.24) is 5.32 Å². The van der Waals surface area contributed by atoms with Crippen LogP contribution in [0.15, 0.2) is 18.2 Å². The van der Waals surface area contributed by atoms with Gasteiger partial charge in [-0.1, -0.05) is 33.8 Å². The fourth-order valence-corrected chi connectivity index (χ4v) is 2.91. The lowest BCUT2D eigenvalue weighted by molar-refractivity contribution is 0.386. The molecule has 4 heteroatoms. The van der Waals surface area contributed by atoms with Gasteiger partial charge in [-0.25, -0.2) is 0 Å². The predicted molar refractivity (Wildman–Crippen MR) is 88.2 cm³/mol. The van der Waals surface area contributed by atoms with Crippen molar-refractivity contribution in [3.63, 3.8) is 0 Å². The van der Waals surface area contributed by atoms with Crippen LogP contribution in [0, 0.1) is 0 Å². The molecule has 0 aliphatic heterocycles. The Bertz CT molecular complexity index is 415. The van der Waals surface area contributed by atoms with E-state index in [1.165, 1.54) is 5.56 Å². The molecule has 3 nitrogen and oxygen atoms in total. The van der Waals surface area contributed by atoms with Crippen LogP contribution in [0.1, 0.15) is 39.3 Å². The second kappa shape index (κ2) is 7.79. The zero-order valence-electron chi connectivity index (χ0n) is 13.4. The maximum absolute atomic E-state index is 5.52. The summed E-state index contributed by atoms with van der Waals surface area (Å²) in [5, 5.41) is 3.54. The molecular formula is C16H27NO2S. The topological polar surface area (TPSA) is 30.5 Å². The van der Waals surface area contributed by atoms with Crippen LogP contribution < -0.4 is 14.8 Å². The van der Waals surface area contributed by atoms with E-state index in [1.807, 2.05) is 23.9 Å². The van der Waals surface area contributed by atoms with Gasteiger partial charge in [0.1, 0.15) is 11.5 Å². The van der Waals surface area contributed by atoms with E-state index in [4.69, 9.17) is 9.47 Å². The normalized spacial score (nSPS) is 13.1. The fraction of sp³-hybridized carbons (Fsp3) is 0.625. The molecule has 1 unspecified atom stereocenters. The summed E-state index contributed by atoms with van der Waals surface area (Å²) in [5.74, 6) is 2.72. The molecule has 0 fully saturated rings. The minimum absolute atomic E-state index is 0.257. The first kappa shape index (κ1) is 17.2. The number of hydrogen-bond acceptors (Lipinski definition) is 4. The van der Waals surface area contributed by atoms with Crippen LogP contribution in [0.3, 0.4) is 0 Å². The molecule has 0 aromatic heterocycles. The van der Waals surface area contributed by atoms with Gasteiger partial charge in [-0.3, -0.25) is 0 Å². The molecular weight excluding hydrogens is 270 g/mol. The van der Waals surface area contributed by atoms with E-state index in [-0.39, 0.29) is 10.8 Å². The summed E-state index contributed by atoms with van der Waals surface area (Å²) < 4.78 is 11.0. The maximum Gasteiger partial charge on any atom is 0.127 e. The number of ether oxygens (including phenoxy) is 2. The van der Waals surface area contributed by atoms with E-state index in [0.717, 1.165) is 23.8 Å². The monoisotopic (exact) mass is 297 g/mol. The van der Waals surface area contributed by atoms with E-state index < -0.39 is 0 Å². The van der Waals surface area contributed by atoms with Crippen molar-refractivity contribution in [2.45, 2.75) is 38.5 Å². The van der Waals surface area contributed by atoms with Crippen molar-refractivity contribution >= 4 is 11.8 Å². The van der Waals surface area contributed by atoms with Gasteiger partial charge in [-0.15, -0.1) is 0 Å². The van der Waals surface area contributed by atoms with Gasteiger partial charge in [-0.05, 0) is 12.6 Å². The van der Waals surface area contributed by atoms with Crippen LogP contribution in [0.2, 0.25) is 0 Å². The lowest BCUT2D eigenvalue weighted by Crippen LogP contribution is -2.25. The average Bonchev–Trinajstić information content (AvgIpc) is 2.41. The molecule has 0 bridgehead atoms. The molecule has 1 atom stereocenters. The summed E-state index contributed by atoms with van der Waals surface area (Å²) in [6, 6.07) is 6.31. The molecule has 0 spiro atoms. The molecule has 20 heavy (non-hydrogen) atoms.